The molecule has 3 atom stereocenters. The molecule has 100 valence electrons. The van der Waals surface area contributed by atoms with Crippen molar-refractivity contribution in [3.05, 3.63) is 35.4 Å². The van der Waals surface area contributed by atoms with Crippen molar-refractivity contribution >= 4 is 0 Å². The van der Waals surface area contributed by atoms with Crippen LogP contribution < -0.4 is 10.6 Å². The Morgan fingerprint density at radius 2 is 2.06 bits per heavy atom. The average molecular weight is 246 g/mol. The summed E-state index contributed by atoms with van der Waals surface area (Å²) in [5, 5.41) is 6.86. The van der Waals surface area contributed by atoms with Crippen LogP contribution in [0.5, 0.6) is 0 Å². The SMILES string of the molecule is CCC(C)C1CN[C@@H](c2ccc(CNC)cc2)C1. The van der Waals surface area contributed by atoms with Crippen LogP contribution in [0.4, 0.5) is 0 Å². The van der Waals surface area contributed by atoms with Crippen LogP contribution in [0.15, 0.2) is 24.3 Å². The van der Waals surface area contributed by atoms with E-state index in [0.29, 0.717) is 6.04 Å². The van der Waals surface area contributed by atoms with Gasteiger partial charge in [-0.2, -0.15) is 0 Å². The van der Waals surface area contributed by atoms with E-state index in [0.717, 1.165) is 18.4 Å². The number of hydrogen-bond donors (Lipinski definition) is 2. The quantitative estimate of drug-likeness (QED) is 0.834. The highest BCUT2D eigenvalue weighted by atomic mass is 15.0. The van der Waals surface area contributed by atoms with E-state index in [1.54, 1.807) is 0 Å². The van der Waals surface area contributed by atoms with Gasteiger partial charge in [-0.05, 0) is 43.0 Å². The Morgan fingerprint density at radius 3 is 2.67 bits per heavy atom. The highest BCUT2D eigenvalue weighted by Crippen LogP contribution is 2.32. The van der Waals surface area contributed by atoms with Crippen LogP contribution in [0.1, 0.15) is 43.9 Å². The lowest BCUT2D eigenvalue weighted by molar-refractivity contribution is 0.370. The Kier molecular flexibility index (Phi) is 4.79. The van der Waals surface area contributed by atoms with Crippen molar-refractivity contribution in [2.45, 2.75) is 39.3 Å². The van der Waals surface area contributed by atoms with Gasteiger partial charge in [-0.3, -0.25) is 0 Å². The van der Waals surface area contributed by atoms with Crippen molar-refractivity contribution in [2.24, 2.45) is 11.8 Å². The van der Waals surface area contributed by atoms with Gasteiger partial charge in [0.2, 0.25) is 0 Å². The zero-order chi connectivity index (χ0) is 13.0. The van der Waals surface area contributed by atoms with Crippen LogP contribution in [0.25, 0.3) is 0 Å². The van der Waals surface area contributed by atoms with Crippen molar-refractivity contribution in [2.75, 3.05) is 13.6 Å². The summed E-state index contributed by atoms with van der Waals surface area (Å²) in [6, 6.07) is 9.61. The van der Waals surface area contributed by atoms with Gasteiger partial charge >= 0.3 is 0 Å². The molecule has 0 saturated carbocycles. The normalized spacial score (nSPS) is 25.3. The molecule has 0 aromatic heterocycles. The molecule has 18 heavy (non-hydrogen) atoms. The molecule has 0 spiro atoms. The van der Waals surface area contributed by atoms with E-state index in [4.69, 9.17) is 0 Å². The second-order valence-electron chi connectivity index (χ2n) is 5.61. The smallest absolute Gasteiger partial charge is 0.0323 e. The van der Waals surface area contributed by atoms with Gasteiger partial charge in [-0.15, -0.1) is 0 Å². The molecule has 2 nitrogen and oxygen atoms in total. The van der Waals surface area contributed by atoms with Gasteiger partial charge in [0.15, 0.2) is 0 Å². The molecule has 2 unspecified atom stereocenters. The van der Waals surface area contributed by atoms with E-state index in [1.807, 2.05) is 7.05 Å². The zero-order valence-corrected chi connectivity index (χ0v) is 11.9. The Balaban J connectivity index is 1.96. The molecule has 1 aliphatic rings. The first-order valence-electron chi connectivity index (χ1n) is 7.21. The molecular weight excluding hydrogens is 220 g/mol. The van der Waals surface area contributed by atoms with E-state index in [-0.39, 0.29) is 0 Å². The molecule has 0 aliphatic carbocycles. The highest BCUT2D eigenvalue weighted by Gasteiger charge is 2.28. The van der Waals surface area contributed by atoms with E-state index < -0.39 is 0 Å². The molecule has 2 heteroatoms. The highest BCUT2D eigenvalue weighted by molar-refractivity contribution is 5.25. The van der Waals surface area contributed by atoms with Crippen molar-refractivity contribution in [3.63, 3.8) is 0 Å². The predicted molar refractivity (Wildman–Crippen MR) is 77.5 cm³/mol. The lowest BCUT2D eigenvalue weighted by Crippen LogP contribution is -2.16. The Hall–Kier alpha value is -0.860. The Morgan fingerprint density at radius 1 is 1.33 bits per heavy atom. The van der Waals surface area contributed by atoms with Gasteiger partial charge in [-0.1, -0.05) is 44.5 Å². The fraction of sp³-hybridized carbons (Fsp3) is 0.625. The molecule has 0 radical (unpaired) electrons. The first-order chi connectivity index (χ1) is 8.74. The Labute approximate surface area is 111 Å². The lowest BCUT2D eigenvalue weighted by atomic mass is 9.88. The number of hydrogen-bond acceptors (Lipinski definition) is 2. The average Bonchev–Trinajstić information content (AvgIpc) is 2.89. The molecule has 1 heterocycles. The molecule has 1 aromatic carbocycles. The predicted octanol–water partition coefficient (Wildman–Crippen LogP) is 3.10. The summed E-state index contributed by atoms with van der Waals surface area (Å²) >= 11 is 0. The summed E-state index contributed by atoms with van der Waals surface area (Å²) < 4.78 is 0. The molecule has 1 aromatic rings. The third-order valence-corrected chi connectivity index (χ3v) is 4.38. The molecular formula is C16H26N2. The lowest BCUT2D eigenvalue weighted by Gasteiger charge is -2.16. The molecule has 1 aliphatic heterocycles. The third-order valence-electron chi connectivity index (χ3n) is 4.38. The van der Waals surface area contributed by atoms with Gasteiger partial charge in [0.25, 0.3) is 0 Å². The van der Waals surface area contributed by atoms with Crippen LogP contribution >= 0.6 is 0 Å². The van der Waals surface area contributed by atoms with Gasteiger partial charge in [0.05, 0.1) is 0 Å². The van der Waals surface area contributed by atoms with Crippen LogP contribution in [0.2, 0.25) is 0 Å². The van der Waals surface area contributed by atoms with Gasteiger partial charge in [0.1, 0.15) is 0 Å². The number of nitrogens with one attached hydrogen (secondary N) is 2. The third kappa shape index (κ3) is 3.12. The molecule has 1 saturated heterocycles. The summed E-state index contributed by atoms with van der Waals surface area (Å²) in [6.07, 6.45) is 2.58. The summed E-state index contributed by atoms with van der Waals surface area (Å²) in [7, 11) is 1.99. The molecule has 2 N–H and O–H groups in total. The first-order valence-corrected chi connectivity index (χ1v) is 7.21. The van der Waals surface area contributed by atoms with Crippen LogP contribution in [-0.2, 0) is 6.54 Å². The van der Waals surface area contributed by atoms with Gasteiger partial charge in [0, 0.05) is 12.6 Å². The van der Waals surface area contributed by atoms with Crippen molar-refractivity contribution < 1.29 is 0 Å². The summed E-state index contributed by atoms with van der Waals surface area (Å²) in [5.41, 5.74) is 2.80. The fourth-order valence-corrected chi connectivity index (χ4v) is 2.86. The first kappa shape index (κ1) is 13.6. The van der Waals surface area contributed by atoms with Gasteiger partial charge in [-0.25, -0.2) is 0 Å². The monoisotopic (exact) mass is 246 g/mol. The standard InChI is InChI=1S/C16H26N2/c1-4-12(2)15-9-16(18-11-15)14-7-5-13(6-8-14)10-17-3/h5-8,12,15-18H,4,9-11H2,1-3H3/t12?,15?,16-/m1/s1. The maximum absolute atomic E-state index is 3.67. The summed E-state index contributed by atoms with van der Waals surface area (Å²) in [6.45, 7) is 6.81. The molecule has 1 fully saturated rings. The van der Waals surface area contributed by atoms with Crippen molar-refractivity contribution in [3.8, 4) is 0 Å². The van der Waals surface area contributed by atoms with E-state index in [2.05, 4.69) is 48.7 Å². The molecule has 2 rings (SSSR count). The molecule has 0 amide bonds. The number of rotatable bonds is 5. The number of benzene rings is 1. The van der Waals surface area contributed by atoms with Crippen LogP contribution in [-0.4, -0.2) is 13.6 Å². The zero-order valence-electron chi connectivity index (χ0n) is 11.9. The Bertz CT molecular complexity index is 358. The van der Waals surface area contributed by atoms with Crippen LogP contribution in [0, 0.1) is 11.8 Å². The second kappa shape index (κ2) is 6.35. The van der Waals surface area contributed by atoms with Crippen LogP contribution in [0.3, 0.4) is 0 Å². The summed E-state index contributed by atoms with van der Waals surface area (Å²) in [5.74, 6) is 1.68. The maximum Gasteiger partial charge on any atom is 0.0323 e. The second-order valence-corrected chi connectivity index (χ2v) is 5.61. The van der Waals surface area contributed by atoms with Gasteiger partial charge < -0.3 is 10.6 Å². The van der Waals surface area contributed by atoms with E-state index in [1.165, 1.54) is 30.5 Å². The maximum atomic E-state index is 3.67. The van der Waals surface area contributed by atoms with E-state index in [9.17, 15) is 0 Å². The summed E-state index contributed by atoms with van der Waals surface area (Å²) in [4.78, 5) is 0. The largest absolute Gasteiger partial charge is 0.316 e. The minimum atomic E-state index is 0.563. The fourth-order valence-electron chi connectivity index (χ4n) is 2.86. The minimum Gasteiger partial charge on any atom is -0.316 e. The van der Waals surface area contributed by atoms with Crippen molar-refractivity contribution in [1.82, 2.24) is 10.6 Å². The minimum absolute atomic E-state index is 0.563. The molecule has 0 bridgehead atoms. The topological polar surface area (TPSA) is 24.1 Å². The van der Waals surface area contributed by atoms with E-state index >= 15 is 0 Å². The van der Waals surface area contributed by atoms with Crippen molar-refractivity contribution in [1.29, 1.82) is 0 Å².